The van der Waals surface area contributed by atoms with Gasteiger partial charge in [-0.25, -0.2) is 14.8 Å². The number of likely N-dealkylation sites (N-methyl/N-ethyl adjacent to an activating group) is 1. The van der Waals surface area contributed by atoms with E-state index in [0.29, 0.717) is 17.1 Å². The molecule has 1 aromatic carbocycles. The Morgan fingerprint density at radius 1 is 1.00 bits per heavy atom. The molecule has 0 unspecified atom stereocenters. The minimum Gasteiger partial charge on any atom is -0.481 e. The predicted molar refractivity (Wildman–Crippen MR) is 136 cm³/mol. The Bertz CT molecular complexity index is 1130. The van der Waals surface area contributed by atoms with Gasteiger partial charge in [-0.15, -0.1) is 0 Å². The van der Waals surface area contributed by atoms with Gasteiger partial charge < -0.3 is 19.6 Å². The van der Waals surface area contributed by atoms with E-state index in [4.69, 9.17) is 9.84 Å². The maximum Gasteiger partial charge on any atom is 0.409 e. The van der Waals surface area contributed by atoms with Crippen LogP contribution < -0.4 is 15.0 Å². The number of aromatic nitrogens is 2. The summed E-state index contributed by atoms with van der Waals surface area (Å²) < 4.78 is 4.80. The lowest BCUT2D eigenvalue weighted by Crippen LogP contribution is -2.44. The van der Waals surface area contributed by atoms with Crippen LogP contribution in [-0.4, -0.2) is 72.2 Å². The second-order valence-corrected chi connectivity index (χ2v) is 7.79. The molecule has 0 spiro atoms. The Morgan fingerprint density at radius 3 is 2.34 bits per heavy atom. The van der Waals surface area contributed by atoms with Crippen LogP contribution in [0.2, 0.25) is 0 Å². The number of allylic oxidation sites excluding steroid dienone is 1. The number of carbonyl (C=O) groups is 2. The van der Waals surface area contributed by atoms with Crippen LogP contribution in [0.4, 0.5) is 16.3 Å². The van der Waals surface area contributed by atoms with Crippen molar-refractivity contribution in [1.29, 1.82) is 0 Å². The van der Waals surface area contributed by atoms with Crippen molar-refractivity contribution in [2.24, 2.45) is 0 Å². The highest BCUT2D eigenvalue weighted by molar-refractivity contribution is 6.07. The van der Waals surface area contributed by atoms with Crippen molar-refractivity contribution in [3.05, 3.63) is 84.2 Å². The fraction of sp³-hybridized carbons (Fsp3) is 0.231. The van der Waals surface area contributed by atoms with E-state index in [2.05, 4.69) is 32.1 Å². The maximum atomic E-state index is 12.3. The largest absolute Gasteiger partial charge is 0.481 e. The number of rotatable bonds is 6. The van der Waals surface area contributed by atoms with Crippen molar-refractivity contribution in [2.75, 3.05) is 50.6 Å². The highest BCUT2D eigenvalue weighted by atomic mass is 16.5. The molecule has 1 amide bonds. The zero-order valence-electron chi connectivity index (χ0n) is 19.8. The number of piperazine rings is 1. The average Bonchev–Trinajstić information content (AvgIpc) is 2.89. The second-order valence-electron chi connectivity index (χ2n) is 7.79. The number of benzene rings is 1. The number of amides is 1. The smallest absolute Gasteiger partial charge is 0.409 e. The zero-order valence-corrected chi connectivity index (χ0v) is 19.8. The van der Waals surface area contributed by atoms with E-state index in [-0.39, 0.29) is 5.78 Å². The predicted octanol–water partition coefficient (Wildman–Crippen LogP) is 3.91. The number of ketones is 1. The Balaban J connectivity index is 0.000000363. The summed E-state index contributed by atoms with van der Waals surface area (Å²) >= 11 is 0. The first-order valence-corrected chi connectivity index (χ1v) is 11.1. The van der Waals surface area contributed by atoms with E-state index in [0.717, 1.165) is 37.7 Å². The summed E-state index contributed by atoms with van der Waals surface area (Å²) in [5.41, 5.74) is 1.63. The van der Waals surface area contributed by atoms with E-state index in [1.54, 1.807) is 49.7 Å². The number of carboxylic acid groups (broad SMARTS) is 1. The van der Waals surface area contributed by atoms with Gasteiger partial charge in [-0.3, -0.25) is 10.1 Å². The van der Waals surface area contributed by atoms with Gasteiger partial charge in [-0.1, -0.05) is 12.1 Å². The summed E-state index contributed by atoms with van der Waals surface area (Å²) in [6.45, 7) is 3.89. The number of pyridine rings is 2. The van der Waals surface area contributed by atoms with Crippen molar-refractivity contribution in [3.8, 4) is 5.88 Å². The van der Waals surface area contributed by atoms with E-state index in [9.17, 15) is 9.59 Å². The molecule has 2 aromatic heterocycles. The normalized spacial score (nSPS) is 13.6. The molecule has 9 nitrogen and oxygen atoms in total. The first-order chi connectivity index (χ1) is 16.9. The number of ether oxygens (including phenoxy) is 1. The van der Waals surface area contributed by atoms with Crippen LogP contribution in [0, 0.1) is 0 Å². The topological polar surface area (TPSA) is 108 Å². The number of carbonyl (C=O) groups excluding carboxylic acids is 1. The van der Waals surface area contributed by atoms with E-state index in [1.807, 2.05) is 30.3 Å². The SMILES string of the molecule is CN1CCN(c2cccc(C=CC(=O)c3ccc(NC(=O)O)cc3)n2)CC1.COc1ccccn1. The van der Waals surface area contributed by atoms with Gasteiger partial charge in [-0.2, -0.15) is 0 Å². The van der Waals surface area contributed by atoms with Crippen molar-refractivity contribution in [3.63, 3.8) is 0 Å². The standard InChI is InChI=1S/C20H22N4O3.C6H7NO/c1-23-11-13-24(14-12-23)19-4-2-3-16(21-19)9-10-18(25)15-5-7-17(8-6-15)22-20(26)27;1-8-6-4-2-3-5-7-6/h2-10,22H,11-14H2,1H3,(H,26,27);2-5H,1H3. The third kappa shape index (κ3) is 8.24. The van der Waals surface area contributed by atoms with E-state index < -0.39 is 6.09 Å². The van der Waals surface area contributed by atoms with Gasteiger partial charge in [0.15, 0.2) is 5.78 Å². The summed E-state index contributed by atoms with van der Waals surface area (Å²) in [6, 6.07) is 17.6. The van der Waals surface area contributed by atoms with Crippen molar-refractivity contribution in [2.45, 2.75) is 0 Å². The molecule has 35 heavy (non-hydrogen) atoms. The molecule has 182 valence electrons. The van der Waals surface area contributed by atoms with E-state index >= 15 is 0 Å². The molecule has 1 saturated heterocycles. The van der Waals surface area contributed by atoms with Crippen LogP contribution in [0.3, 0.4) is 0 Å². The van der Waals surface area contributed by atoms with Crippen molar-refractivity contribution < 1.29 is 19.4 Å². The van der Waals surface area contributed by atoms with Crippen LogP contribution in [0.25, 0.3) is 6.08 Å². The minimum atomic E-state index is -1.14. The lowest BCUT2D eigenvalue weighted by Gasteiger charge is -2.33. The highest BCUT2D eigenvalue weighted by Crippen LogP contribution is 2.15. The molecule has 4 rings (SSSR count). The van der Waals surface area contributed by atoms with Gasteiger partial charge >= 0.3 is 6.09 Å². The summed E-state index contributed by atoms with van der Waals surface area (Å²) in [6.07, 6.45) is 3.74. The number of anilines is 2. The molecule has 3 aromatic rings. The molecule has 3 heterocycles. The van der Waals surface area contributed by atoms with Gasteiger partial charge in [-0.05, 0) is 61.7 Å². The molecule has 9 heteroatoms. The summed E-state index contributed by atoms with van der Waals surface area (Å²) in [4.78, 5) is 35.9. The first kappa shape index (κ1) is 25.4. The number of hydrogen-bond donors (Lipinski definition) is 2. The quantitative estimate of drug-likeness (QED) is 0.408. The molecular formula is C26H29N5O4. The molecule has 0 saturated carbocycles. The molecule has 1 fully saturated rings. The lowest BCUT2D eigenvalue weighted by molar-refractivity contribution is 0.104. The van der Waals surface area contributed by atoms with Crippen LogP contribution >= 0.6 is 0 Å². The molecule has 0 radical (unpaired) electrons. The molecule has 1 aliphatic rings. The number of nitrogens with one attached hydrogen (secondary N) is 1. The Hall–Kier alpha value is -4.24. The van der Waals surface area contributed by atoms with Gasteiger partial charge in [0.05, 0.1) is 12.8 Å². The van der Waals surface area contributed by atoms with Crippen LogP contribution in [-0.2, 0) is 0 Å². The highest BCUT2D eigenvalue weighted by Gasteiger charge is 2.15. The van der Waals surface area contributed by atoms with Crippen LogP contribution in [0.15, 0.2) is 72.9 Å². The zero-order chi connectivity index (χ0) is 25.0. The van der Waals surface area contributed by atoms with Crippen molar-refractivity contribution >= 4 is 29.5 Å². The second kappa shape index (κ2) is 12.9. The molecule has 0 atom stereocenters. The van der Waals surface area contributed by atoms with Crippen molar-refractivity contribution in [1.82, 2.24) is 14.9 Å². The van der Waals surface area contributed by atoms with Crippen LogP contribution in [0.5, 0.6) is 5.88 Å². The number of nitrogens with zero attached hydrogens (tertiary/aromatic N) is 4. The average molecular weight is 476 g/mol. The molecule has 0 bridgehead atoms. The first-order valence-electron chi connectivity index (χ1n) is 11.1. The lowest BCUT2D eigenvalue weighted by atomic mass is 10.1. The Morgan fingerprint density at radius 2 is 1.74 bits per heavy atom. The number of hydrogen-bond acceptors (Lipinski definition) is 7. The summed E-state index contributed by atoms with van der Waals surface area (Å²) in [5.74, 6) is 1.41. The molecule has 2 N–H and O–H groups in total. The van der Waals surface area contributed by atoms with Gasteiger partial charge in [0.2, 0.25) is 5.88 Å². The Labute approximate surface area is 204 Å². The molecule has 0 aliphatic carbocycles. The van der Waals surface area contributed by atoms with Gasteiger partial charge in [0.1, 0.15) is 5.82 Å². The van der Waals surface area contributed by atoms with E-state index in [1.165, 1.54) is 6.08 Å². The fourth-order valence-electron chi connectivity index (χ4n) is 3.31. The monoisotopic (exact) mass is 475 g/mol. The maximum absolute atomic E-state index is 12.3. The minimum absolute atomic E-state index is 0.163. The summed E-state index contributed by atoms with van der Waals surface area (Å²) in [5, 5.41) is 10.9. The third-order valence-corrected chi connectivity index (χ3v) is 5.26. The van der Waals surface area contributed by atoms with Crippen LogP contribution in [0.1, 0.15) is 16.1 Å². The molecule has 1 aliphatic heterocycles. The fourth-order valence-corrected chi connectivity index (χ4v) is 3.31. The third-order valence-electron chi connectivity index (χ3n) is 5.26. The molecular weight excluding hydrogens is 446 g/mol. The van der Waals surface area contributed by atoms with Gasteiger partial charge in [0.25, 0.3) is 0 Å². The Kier molecular flexibility index (Phi) is 9.32. The number of methoxy groups -OCH3 is 1. The summed E-state index contributed by atoms with van der Waals surface area (Å²) in [7, 11) is 3.71. The van der Waals surface area contributed by atoms with Gasteiger partial charge in [0, 0.05) is 49.7 Å².